The van der Waals surface area contributed by atoms with Gasteiger partial charge >= 0.3 is 0 Å². The van der Waals surface area contributed by atoms with Gasteiger partial charge in [-0.2, -0.15) is 0 Å². The third kappa shape index (κ3) is 3.12. The first-order valence-corrected chi connectivity index (χ1v) is 11.7. The van der Waals surface area contributed by atoms with Crippen LogP contribution in [0.25, 0.3) is 32.7 Å². The fourth-order valence-corrected chi connectivity index (χ4v) is 5.38. The topological polar surface area (TPSA) is 12.4 Å². The predicted molar refractivity (Wildman–Crippen MR) is 138 cm³/mol. The van der Waals surface area contributed by atoms with E-state index in [1.54, 1.807) is 0 Å². The normalized spacial score (nSPS) is 15.9. The molecule has 0 radical (unpaired) electrons. The lowest BCUT2D eigenvalue weighted by Crippen LogP contribution is -2.02. The second kappa shape index (κ2) is 7.60. The summed E-state index contributed by atoms with van der Waals surface area (Å²) in [5.74, 6) is 0. The minimum absolute atomic E-state index is 1.03. The SMILES string of the molecule is CC1=C(/N=C(\C)c2ccc(-c3ccc4c5c3ccc3cccc(c35)CC4)cc2)CCC=C1. The number of aliphatic imine (C=N–C) groups is 1. The average Bonchev–Trinajstić information content (AvgIpc) is 2.84. The van der Waals surface area contributed by atoms with Crippen molar-refractivity contribution in [3.8, 4) is 11.1 Å². The Morgan fingerprint density at radius 3 is 2.41 bits per heavy atom. The molecule has 0 amide bonds. The Kier molecular flexibility index (Phi) is 4.57. The summed E-state index contributed by atoms with van der Waals surface area (Å²) in [6.07, 6.45) is 8.82. The predicted octanol–water partition coefficient (Wildman–Crippen LogP) is 8.19. The number of hydrogen-bond acceptors (Lipinski definition) is 1. The molecule has 2 aliphatic carbocycles. The van der Waals surface area contributed by atoms with Crippen molar-refractivity contribution in [1.29, 1.82) is 0 Å². The van der Waals surface area contributed by atoms with Gasteiger partial charge in [0, 0.05) is 11.4 Å². The molecule has 0 unspecified atom stereocenters. The molecule has 0 atom stereocenters. The maximum Gasteiger partial charge on any atom is 0.0448 e. The summed E-state index contributed by atoms with van der Waals surface area (Å²) in [4.78, 5) is 4.95. The summed E-state index contributed by atoms with van der Waals surface area (Å²) in [6, 6.07) is 25.0. The molecule has 0 heterocycles. The lowest BCUT2D eigenvalue weighted by atomic mass is 9.83. The quantitative estimate of drug-likeness (QED) is 0.237. The number of aryl methyl sites for hydroxylation is 2. The van der Waals surface area contributed by atoms with Crippen LogP contribution in [-0.4, -0.2) is 5.71 Å². The molecule has 0 aromatic heterocycles. The van der Waals surface area contributed by atoms with E-state index < -0.39 is 0 Å². The van der Waals surface area contributed by atoms with E-state index >= 15 is 0 Å². The minimum Gasteiger partial charge on any atom is -0.257 e. The monoisotopic (exact) mass is 413 g/mol. The van der Waals surface area contributed by atoms with Crippen LogP contribution < -0.4 is 0 Å². The minimum atomic E-state index is 1.03. The number of benzene rings is 4. The molecular formula is C31H27N. The highest BCUT2D eigenvalue weighted by atomic mass is 14.8. The van der Waals surface area contributed by atoms with Gasteiger partial charge in [-0.3, -0.25) is 4.99 Å². The largest absolute Gasteiger partial charge is 0.257 e. The second-order valence-electron chi connectivity index (χ2n) is 9.12. The van der Waals surface area contributed by atoms with Gasteiger partial charge in [0.2, 0.25) is 0 Å². The number of allylic oxidation sites excluding steroid dienone is 4. The average molecular weight is 414 g/mol. The molecule has 6 rings (SSSR count). The molecule has 0 saturated carbocycles. The second-order valence-corrected chi connectivity index (χ2v) is 9.12. The van der Waals surface area contributed by atoms with E-state index in [1.807, 2.05) is 0 Å². The standard InChI is InChI=1S/C31H27N/c1-20-6-3-4-9-29(20)32-21(2)22-10-12-23(13-11-22)27-18-16-26-15-14-24-7-5-8-25-17-19-28(27)31(26)30(24)25/h3,5-8,10-13,16-19H,4,9,14-15H2,1-2H3/b32-21+. The summed E-state index contributed by atoms with van der Waals surface area (Å²) >= 11 is 0. The Bertz CT molecular complexity index is 1460. The van der Waals surface area contributed by atoms with Crippen LogP contribution in [0, 0.1) is 0 Å². The van der Waals surface area contributed by atoms with Crippen LogP contribution in [0.5, 0.6) is 0 Å². The van der Waals surface area contributed by atoms with E-state index in [0.717, 1.165) is 31.4 Å². The molecule has 0 spiro atoms. The highest BCUT2D eigenvalue weighted by Gasteiger charge is 2.17. The molecule has 156 valence electrons. The lowest BCUT2D eigenvalue weighted by molar-refractivity contribution is 0.921. The molecule has 0 bridgehead atoms. The molecule has 1 nitrogen and oxygen atoms in total. The fraction of sp³-hybridized carbons (Fsp3) is 0.194. The summed E-state index contributed by atoms with van der Waals surface area (Å²) in [6.45, 7) is 4.28. The first-order chi connectivity index (χ1) is 15.7. The summed E-state index contributed by atoms with van der Waals surface area (Å²) in [5, 5.41) is 5.64. The first-order valence-electron chi connectivity index (χ1n) is 11.7. The van der Waals surface area contributed by atoms with Crippen LogP contribution in [0.2, 0.25) is 0 Å². The Balaban J connectivity index is 1.44. The van der Waals surface area contributed by atoms with Crippen LogP contribution in [0.1, 0.15) is 43.4 Å². The molecule has 2 aliphatic rings. The van der Waals surface area contributed by atoms with Gasteiger partial charge in [0.25, 0.3) is 0 Å². The summed E-state index contributed by atoms with van der Waals surface area (Å²) in [7, 11) is 0. The third-order valence-corrected chi connectivity index (χ3v) is 7.15. The van der Waals surface area contributed by atoms with Crippen LogP contribution in [0.15, 0.2) is 95.1 Å². The maximum atomic E-state index is 4.95. The first kappa shape index (κ1) is 19.3. The molecule has 4 aromatic rings. The summed E-state index contributed by atoms with van der Waals surface area (Å²) < 4.78 is 0. The van der Waals surface area contributed by atoms with Gasteiger partial charge in [-0.05, 0) is 94.5 Å². The third-order valence-electron chi connectivity index (χ3n) is 7.15. The Morgan fingerprint density at radius 1 is 0.781 bits per heavy atom. The van der Waals surface area contributed by atoms with Crippen molar-refractivity contribution >= 4 is 27.3 Å². The van der Waals surface area contributed by atoms with Crippen molar-refractivity contribution in [2.45, 2.75) is 39.5 Å². The number of nitrogens with zero attached hydrogens (tertiary/aromatic N) is 1. The van der Waals surface area contributed by atoms with Gasteiger partial charge in [0.15, 0.2) is 0 Å². The zero-order valence-corrected chi connectivity index (χ0v) is 18.8. The molecule has 1 heteroatoms. The van der Waals surface area contributed by atoms with Crippen molar-refractivity contribution in [2.24, 2.45) is 4.99 Å². The van der Waals surface area contributed by atoms with Crippen LogP contribution >= 0.6 is 0 Å². The number of rotatable bonds is 3. The molecule has 32 heavy (non-hydrogen) atoms. The highest BCUT2D eigenvalue weighted by Crippen LogP contribution is 2.40. The van der Waals surface area contributed by atoms with E-state index in [1.165, 1.54) is 60.6 Å². The number of hydrogen-bond donors (Lipinski definition) is 0. The van der Waals surface area contributed by atoms with Crippen LogP contribution in [0.4, 0.5) is 0 Å². The van der Waals surface area contributed by atoms with Gasteiger partial charge in [0.1, 0.15) is 0 Å². The van der Waals surface area contributed by atoms with Crippen molar-refractivity contribution in [3.63, 3.8) is 0 Å². The van der Waals surface area contributed by atoms with Crippen LogP contribution in [-0.2, 0) is 12.8 Å². The van der Waals surface area contributed by atoms with Gasteiger partial charge in [-0.1, -0.05) is 78.9 Å². The Hall–Kier alpha value is -3.45. The van der Waals surface area contributed by atoms with E-state index in [4.69, 9.17) is 4.99 Å². The van der Waals surface area contributed by atoms with Crippen molar-refractivity contribution in [1.82, 2.24) is 0 Å². The van der Waals surface area contributed by atoms with Gasteiger partial charge in [0.05, 0.1) is 0 Å². The van der Waals surface area contributed by atoms with E-state index in [-0.39, 0.29) is 0 Å². The summed E-state index contributed by atoms with van der Waals surface area (Å²) in [5.41, 5.74) is 10.3. The fourth-order valence-electron chi connectivity index (χ4n) is 5.38. The van der Waals surface area contributed by atoms with Crippen molar-refractivity contribution < 1.29 is 0 Å². The van der Waals surface area contributed by atoms with Gasteiger partial charge < -0.3 is 0 Å². The van der Waals surface area contributed by atoms with Gasteiger partial charge in [-0.15, -0.1) is 0 Å². The molecular weight excluding hydrogens is 386 g/mol. The Morgan fingerprint density at radius 2 is 1.59 bits per heavy atom. The van der Waals surface area contributed by atoms with Crippen LogP contribution in [0.3, 0.4) is 0 Å². The molecule has 0 N–H and O–H groups in total. The molecule has 0 aliphatic heterocycles. The van der Waals surface area contributed by atoms with Crippen molar-refractivity contribution in [2.75, 3.05) is 0 Å². The molecule has 0 fully saturated rings. The van der Waals surface area contributed by atoms with E-state index in [9.17, 15) is 0 Å². The van der Waals surface area contributed by atoms with E-state index in [0.29, 0.717) is 0 Å². The Labute approximate surface area is 189 Å². The van der Waals surface area contributed by atoms with Crippen molar-refractivity contribution in [3.05, 3.63) is 107 Å². The highest BCUT2D eigenvalue weighted by molar-refractivity contribution is 6.15. The lowest BCUT2D eigenvalue weighted by Gasteiger charge is -2.20. The maximum absolute atomic E-state index is 4.95. The zero-order chi connectivity index (χ0) is 21.7. The van der Waals surface area contributed by atoms with Gasteiger partial charge in [-0.25, -0.2) is 0 Å². The molecule has 4 aromatic carbocycles. The van der Waals surface area contributed by atoms with E-state index in [2.05, 4.69) is 92.7 Å². The smallest absolute Gasteiger partial charge is 0.0448 e. The molecule has 0 saturated heterocycles. The zero-order valence-electron chi connectivity index (χ0n) is 18.8.